The van der Waals surface area contributed by atoms with E-state index in [-0.39, 0.29) is 24.9 Å². The average Bonchev–Trinajstić information content (AvgIpc) is 3.22. The molecule has 1 atom stereocenters. The molecule has 3 rings (SSSR count). The van der Waals surface area contributed by atoms with Crippen molar-refractivity contribution in [3.63, 3.8) is 0 Å². The Morgan fingerprint density at radius 1 is 1.33 bits per heavy atom. The van der Waals surface area contributed by atoms with E-state index in [0.29, 0.717) is 23.8 Å². The normalized spacial score (nSPS) is 20.1. The number of anilines is 1. The van der Waals surface area contributed by atoms with Crippen molar-refractivity contribution in [2.24, 2.45) is 0 Å². The lowest BCUT2D eigenvalue weighted by Gasteiger charge is -2.21. The van der Waals surface area contributed by atoms with Crippen molar-refractivity contribution >= 4 is 17.5 Å². The van der Waals surface area contributed by atoms with Crippen molar-refractivity contribution in [1.82, 2.24) is 15.5 Å². The van der Waals surface area contributed by atoms with Crippen molar-refractivity contribution in [3.05, 3.63) is 42.0 Å². The smallest absolute Gasteiger partial charge is 0.268 e. The van der Waals surface area contributed by atoms with Gasteiger partial charge < -0.3 is 19.8 Å². The van der Waals surface area contributed by atoms with E-state index in [1.807, 2.05) is 26.8 Å². The van der Waals surface area contributed by atoms with Crippen LogP contribution in [-0.2, 0) is 21.4 Å². The summed E-state index contributed by atoms with van der Waals surface area (Å²) in [5.74, 6) is -0.325. The fraction of sp³-hybridized carbons (Fsp3) is 0.474. The van der Waals surface area contributed by atoms with Crippen LogP contribution in [0.5, 0.6) is 0 Å². The second kappa shape index (κ2) is 7.11. The number of rotatable bonds is 5. The van der Waals surface area contributed by atoms with Crippen molar-refractivity contribution < 1.29 is 19.2 Å². The van der Waals surface area contributed by atoms with Gasteiger partial charge in [-0.15, -0.1) is 0 Å². The largest absolute Gasteiger partial charge is 0.372 e. The van der Waals surface area contributed by atoms with Crippen molar-refractivity contribution in [2.75, 3.05) is 18.0 Å². The number of benzene rings is 1. The highest BCUT2D eigenvalue weighted by molar-refractivity contribution is 6.16. The zero-order valence-electron chi connectivity index (χ0n) is 15.7. The molecule has 8 nitrogen and oxygen atoms in total. The Bertz CT molecular complexity index is 828. The minimum Gasteiger partial charge on any atom is -0.372 e. The molecule has 0 radical (unpaired) electrons. The van der Waals surface area contributed by atoms with E-state index >= 15 is 0 Å². The average molecular weight is 372 g/mol. The van der Waals surface area contributed by atoms with Gasteiger partial charge in [-0.25, -0.2) is 0 Å². The number of aromatic nitrogens is 2. The van der Waals surface area contributed by atoms with Crippen molar-refractivity contribution in [1.29, 1.82) is 0 Å². The standard InChI is InChI=1S/C19H24N4O4/c1-18(2,3)16-21-14(22-27-16)9-11-20-15(24)19(26)10-12-23(17(19)25)13-7-5-4-6-8-13/h4-8,26H,9-12H2,1-3H3,(H,20,24)/t19-/m0/s1. The lowest BCUT2D eigenvalue weighted by Crippen LogP contribution is -2.52. The Hall–Kier alpha value is -2.74. The third-order valence-corrected chi connectivity index (χ3v) is 4.48. The van der Waals surface area contributed by atoms with Crippen LogP contribution in [0.3, 0.4) is 0 Å². The van der Waals surface area contributed by atoms with E-state index in [0.717, 1.165) is 0 Å². The van der Waals surface area contributed by atoms with Gasteiger partial charge in [0.25, 0.3) is 11.8 Å². The van der Waals surface area contributed by atoms with Crippen LogP contribution in [0.2, 0.25) is 0 Å². The van der Waals surface area contributed by atoms with Crippen LogP contribution in [-0.4, -0.2) is 45.8 Å². The molecular formula is C19H24N4O4. The highest BCUT2D eigenvalue weighted by Gasteiger charge is 2.51. The number of aliphatic hydroxyl groups is 1. The topological polar surface area (TPSA) is 109 Å². The number of carbonyl (C=O) groups excluding carboxylic acids is 2. The van der Waals surface area contributed by atoms with Crippen molar-refractivity contribution in [2.45, 2.75) is 44.6 Å². The summed E-state index contributed by atoms with van der Waals surface area (Å²) >= 11 is 0. The number of amides is 2. The number of nitrogens with one attached hydrogen (secondary N) is 1. The zero-order chi connectivity index (χ0) is 19.7. The van der Waals surface area contributed by atoms with Gasteiger partial charge in [-0.1, -0.05) is 44.1 Å². The Morgan fingerprint density at radius 2 is 2.04 bits per heavy atom. The molecule has 0 saturated carbocycles. The lowest BCUT2D eigenvalue weighted by molar-refractivity contribution is -0.149. The summed E-state index contributed by atoms with van der Waals surface area (Å²) in [6.45, 7) is 6.37. The highest BCUT2D eigenvalue weighted by Crippen LogP contribution is 2.28. The van der Waals surface area contributed by atoms with Crippen molar-refractivity contribution in [3.8, 4) is 0 Å². The minimum absolute atomic E-state index is 0.0446. The Balaban J connectivity index is 1.58. The molecule has 0 bridgehead atoms. The second-order valence-corrected chi connectivity index (χ2v) is 7.67. The maximum atomic E-state index is 12.6. The molecule has 2 aromatic rings. The third kappa shape index (κ3) is 3.85. The highest BCUT2D eigenvalue weighted by atomic mass is 16.5. The monoisotopic (exact) mass is 372 g/mol. The summed E-state index contributed by atoms with van der Waals surface area (Å²) in [5.41, 5.74) is -1.64. The van der Waals surface area contributed by atoms with Gasteiger partial charge in [0.2, 0.25) is 11.5 Å². The molecule has 144 valence electrons. The van der Waals surface area contributed by atoms with Crippen LogP contribution in [0.25, 0.3) is 0 Å². The number of hydrogen-bond acceptors (Lipinski definition) is 6. The third-order valence-electron chi connectivity index (χ3n) is 4.48. The van der Waals surface area contributed by atoms with E-state index in [1.54, 1.807) is 24.3 Å². The van der Waals surface area contributed by atoms with Gasteiger partial charge in [-0.2, -0.15) is 4.98 Å². The molecule has 1 saturated heterocycles. The number of nitrogens with zero attached hydrogens (tertiary/aromatic N) is 3. The molecule has 1 aliphatic heterocycles. The molecule has 2 amide bonds. The molecule has 2 N–H and O–H groups in total. The molecule has 0 aliphatic carbocycles. The van der Waals surface area contributed by atoms with Gasteiger partial charge >= 0.3 is 0 Å². The minimum atomic E-state index is -2.05. The maximum absolute atomic E-state index is 12.6. The molecule has 2 heterocycles. The summed E-state index contributed by atoms with van der Waals surface area (Å²) in [6.07, 6.45) is 0.390. The molecule has 1 aromatic carbocycles. The van der Waals surface area contributed by atoms with Crippen LogP contribution in [0, 0.1) is 0 Å². The lowest BCUT2D eigenvalue weighted by atomic mass is 9.97. The Morgan fingerprint density at radius 3 is 2.67 bits per heavy atom. The van der Waals surface area contributed by atoms with E-state index in [1.165, 1.54) is 4.90 Å². The predicted molar refractivity (Wildman–Crippen MR) is 98.1 cm³/mol. The molecule has 0 unspecified atom stereocenters. The molecule has 1 aromatic heterocycles. The summed E-state index contributed by atoms with van der Waals surface area (Å²) in [7, 11) is 0. The summed E-state index contributed by atoms with van der Waals surface area (Å²) in [4.78, 5) is 30.7. The summed E-state index contributed by atoms with van der Waals surface area (Å²) < 4.78 is 5.20. The fourth-order valence-electron chi connectivity index (χ4n) is 2.86. The number of para-hydroxylation sites is 1. The van der Waals surface area contributed by atoms with Gasteiger partial charge in [0.05, 0.1) is 0 Å². The first-order chi connectivity index (χ1) is 12.7. The number of hydrogen-bond donors (Lipinski definition) is 2. The molecule has 8 heteroatoms. The Labute approximate surface area is 157 Å². The van der Waals surface area contributed by atoms with E-state index in [2.05, 4.69) is 15.5 Å². The zero-order valence-corrected chi connectivity index (χ0v) is 15.7. The quantitative estimate of drug-likeness (QED) is 0.764. The van der Waals surface area contributed by atoms with E-state index < -0.39 is 17.4 Å². The summed E-state index contributed by atoms with van der Waals surface area (Å²) in [5, 5.41) is 17.1. The molecule has 1 aliphatic rings. The molecule has 1 fully saturated rings. The first-order valence-corrected chi connectivity index (χ1v) is 8.92. The first kappa shape index (κ1) is 19.0. The van der Waals surface area contributed by atoms with Gasteiger partial charge in [0.1, 0.15) is 0 Å². The van der Waals surface area contributed by atoms with E-state index in [4.69, 9.17) is 4.52 Å². The van der Waals surface area contributed by atoms with Gasteiger partial charge in [0.15, 0.2) is 5.82 Å². The predicted octanol–water partition coefficient (Wildman–Crippen LogP) is 1.19. The van der Waals surface area contributed by atoms with Gasteiger partial charge in [-0.05, 0) is 12.1 Å². The van der Waals surface area contributed by atoms with Gasteiger partial charge in [-0.3, -0.25) is 9.59 Å². The van der Waals surface area contributed by atoms with Crippen LogP contribution in [0.4, 0.5) is 5.69 Å². The molecule has 27 heavy (non-hydrogen) atoms. The fourth-order valence-corrected chi connectivity index (χ4v) is 2.86. The number of carbonyl (C=O) groups is 2. The first-order valence-electron chi connectivity index (χ1n) is 8.92. The van der Waals surface area contributed by atoms with E-state index in [9.17, 15) is 14.7 Å². The van der Waals surface area contributed by atoms with Crippen LogP contribution < -0.4 is 10.2 Å². The van der Waals surface area contributed by atoms with Crippen LogP contribution >= 0.6 is 0 Å². The maximum Gasteiger partial charge on any atom is 0.268 e. The second-order valence-electron chi connectivity index (χ2n) is 7.67. The molecule has 0 spiro atoms. The Kier molecular flexibility index (Phi) is 5.01. The van der Waals surface area contributed by atoms with Crippen LogP contribution in [0.1, 0.15) is 38.9 Å². The SMILES string of the molecule is CC(C)(C)c1nc(CCNC(=O)[C@@]2(O)CCN(c3ccccc3)C2=O)no1. The summed E-state index contributed by atoms with van der Waals surface area (Å²) in [6, 6.07) is 8.98. The van der Waals surface area contributed by atoms with Crippen LogP contribution in [0.15, 0.2) is 34.9 Å². The van der Waals surface area contributed by atoms with Gasteiger partial charge in [0, 0.05) is 37.0 Å². The molecular weight excluding hydrogens is 348 g/mol.